The van der Waals surface area contributed by atoms with Crippen molar-refractivity contribution in [2.45, 2.75) is 111 Å². The van der Waals surface area contributed by atoms with Gasteiger partial charge in [-0.15, -0.1) is 0 Å². The number of fused-ring (bicyclic) bond motifs is 12. The topological polar surface area (TPSA) is 37.7 Å². The van der Waals surface area contributed by atoms with Crippen molar-refractivity contribution in [2.24, 2.45) is 0 Å². The van der Waals surface area contributed by atoms with Crippen molar-refractivity contribution in [3.05, 3.63) is 168 Å². The van der Waals surface area contributed by atoms with Crippen molar-refractivity contribution in [3.63, 3.8) is 0 Å². The van der Waals surface area contributed by atoms with Gasteiger partial charge < -0.3 is 18.3 Å². The number of furan rings is 2. The molecule has 0 unspecified atom stereocenters. The van der Waals surface area contributed by atoms with Gasteiger partial charge in [-0.3, -0.25) is 4.90 Å². The van der Waals surface area contributed by atoms with Crippen molar-refractivity contribution in [1.82, 2.24) is 4.57 Å². The van der Waals surface area contributed by atoms with Crippen LogP contribution in [0.1, 0.15) is 110 Å². The van der Waals surface area contributed by atoms with Crippen LogP contribution in [-0.4, -0.2) is 11.3 Å². The molecule has 0 N–H and O–H groups in total. The van der Waals surface area contributed by atoms with E-state index >= 15 is 0 Å². The predicted octanol–water partition coefficient (Wildman–Crippen LogP) is 15.6. The molecule has 342 valence electrons. The molecule has 0 saturated carbocycles. The lowest BCUT2D eigenvalue weighted by molar-refractivity contribution is 0.280. The summed E-state index contributed by atoms with van der Waals surface area (Å²) < 4.78 is 17.0. The molecule has 5 nitrogen and oxygen atoms in total. The first kappa shape index (κ1) is 42.2. The largest absolute Gasteiger partial charge is 0.456 e. The maximum Gasteiger partial charge on any atom is 0.256 e. The molecule has 3 aromatic heterocycles. The standard InChI is InChI=1S/C63H60BN3O2/c1-37-32-51-56-52(33-37)67(41-26-22-39(23-27-41)61(5,6)7)59-57(55-58(69-59)63(10,11)31-30-62(55,8)9)64(56)47-35-46-45-29-28-42(66-48-18-14-12-16-43(48)44-17-13-15-19-49(44)66)34-53(45)68-54(46)36-50(47)65(51)40-24-20-38(21-25-40)60(2,3)4/h12-29,32-36H,30-31H2,1-11H3. The van der Waals surface area contributed by atoms with Gasteiger partial charge in [-0.2, -0.15) is 0 Å². The second-order valence-electron chi connectivity index (χ2n) is 23.8. The molecule has 0 saturated heterocycles. The van der Waals surface area contributed by atoms with Crippen LogP contribution in [0.25, 0.3) is 49.4 Å². The van der Waals surface area contributed by atoms with E-state index < -0.39 is 0 Å². The van der Waals surface area contributed by atoms with Crippen LogP contribution in [0.4, 0.5) is 34.3 Å². The van der Waals surface area contributed by atoms with Gasteiger partial charge in [-0.05, 0) is 135 Å². The molecule has 0 spiro atoms. The van der Waals surface area contributed by atoms with Gasteiger partial charge >= 0.3 is 0 Å². The van der Waals surface area contributed by atoms with E-state index in [1.54, 1.807) is 0 Å². The van der Waals surface area contributed by atoms with E-state index in [1.807, 2.05) is 0 Å². The number of hydrogen-bond acceptors (Lipinski definition) is 4. The molecule has 5 heterocycles. The zero-order chi connectivity index (χ0) is 47.7. The van der Waals surface area contributed by atoms with Gasteiger partial charge in [0.25, 0.3) is 6.71 Å². The van der Waals surface area contributed by atoms with E-state index in [4.69, 9.17) is 8.83 Å². The third-order valence-electron chi connectivity index (χ3n) is 16.1. The lowest BCUT2D eigenvalue weighted by Crippen LogP contribution is -2.62. The van der Waals surface area contributed by atoms with E-state index in [2.05, 4.69) is 230 Å². The molecule has 0 bridgehead atoms. The molecule has 6 heteroatoms. The van der Waals surface area contributed by atoms with Gasteiger partial charge in [0.1, 0.15) is 16.9 Å². The third kappa shape index (κ3) is 6.09. The molecular weight excluding hydrogens is 842 g/mol. The summed E-state index contributed by atoms with van der Waals surface area (Å²) >= 11 is 0. The number of rotatable bonds is 3. The Kier molecular flexibility index (Phi) is 8.62. The highest BCUT2D eigenvalue weighted by Crippen LogP contribution is 2.53. The molecular formula is C63H60BN3O2. The van der Waals surface area contributed by atoms with Gasteiger partial charge in [0.05, 0.1) is 11.0 Å². The summed E-state index contributed by atoms with van der Waals surface area (Å²) in [7, 11) is 0. The summed E-state index contributed by atoms with van der Waals surface area (Å²) in [5.41, 5.74) is 19.8. The van der Waals surface area contributed by atoms with Crippen molar-refractivity contribution in [2.75, 3.05) is 9.80 Å². The number of benzene rings is 7. The molecule has 3 aliphatic rings. The SMILES string of the molecule is Cc1cc2c3c(c1)N(c1ccc(C(C)(C)C)cc1)c1oc4c(c1B3c1cc3c(cc1N2c1ccc(C(C)(C)C)cc1)oc1cc(-n2c5ccccc5c5ccccc52)ccc13)C(C)(C)CCC4(C)C. The first-order chi connectivity index (χ1) is 32.9. The summed E-state index contributed by atoms with van der Waals surface area (Å²) in [6.07, 6.45) is 2.15. The molecule has 1 aliphatic carbocycles. The predicted molar refractivity (Wildman–Crippen MR) is 292 cm³/mol. The van der Waals surface area contributed by atoms with E-state index in [1.165, 1.54) is 71.8 Å². The Morgan fingerprint density at radius 2 is 1.03 bits per heavy atom. The first-order valence-electron chi connectivity index (χ1n) is 25.0. The minimum absolute atomic E-state index is 0.0187. The second kappa shape index (κ2) is 14.1. The van der Waals surface area contributed by atoms with Crippen LogP contribution in [0.15, 0.2) is 148 Å². The van der Waals surface area contributed by atoms with Crippen LogP contribution in [-0.2, 0) is 21.7 Å². The van der Waals surface area contributed by atoms with Crippen LogP contribution in [0.5, 0.6) is 0 Å². The summed E-state index contributed by atoms with van der Waals surface area (Å²) in [5, 5.41) is 4.73. The fraction of sp³-hybridized carbons (Fsp3) is 0.270. The monoisotopic (exact) mass is 901 g/mol. The maximum atomic E-state index is 7.55. The number of hydrogen-bond donors (Lipinski definition) is 0. The van der Waals surface area contributed by atoms with Gasteiger partial charge in [-0.25, -0.2) is 0 Å². The molecule has 13 rings (SSSR count). The van der Waals surface area contributed by atoms with Crippen LogP contribution in [0, 0.1) is 6.92 Å². The minimum atomic E-state index is -0.133. The highest BCUT2D eigenvalue weighted by molar-refractivity contribution is 7.00. The molecule has 10 aromatic rings. The van der Waals surface area contributed by atoms with Crippen LogP contribution in [0.3, 0.4) is 0 Å². The normalized spacial score (nSPS) is 16.1. The smallest absolute Gasteiger partial charge is 0.256 e. The molecule has 0 amide bonds. The minimum Gasteiger partial charge on any atom is -0.456 e. The van der Waals surface area contributed by atoms with E-state index in [-0.39, 0.29) is 28.4 Å². The molecule has 7 aromatic carbocycles. The Balaban J connectivity index is 1.11. The van der Waals surface area contributed by atoms with Crippen molar-refractivity contribution < 1.29 is 8.83 Å². The Hall–Kier alpha value is -6.92. The van der Waals surface area contributed by atoms with Gasteiger partial charge in [0.2, 0.25) is 0 Å². The van der Waals surface area contributed by atoms with Crippen LogP contribution >= 0.6 is 0 Å². The van der Waals surface area contributed by atoms with Crippen molar-refractivity contribution in [1.29, 1.82) is 0 Å². The maximum absolute atomic E-state index is 7.55. The van der Waals surface area contributed by atoms with Crippen LogP contribution in [0.2, 0.25) is 0 Å². The Labute approximate surface area is 406 Å². The summed E-state index contributed by atoms with van der Waals surface area (Å²) in [6, 6.07) is 52.4. The summed E-state index contributed by atoms with van der Waals surface area (Å²) in [5.74, 6) is 2.07. The molecule has 0 radical (unpaired) electrons. The summed E-state index contributed by atoms with van der Waals surface area (Å²) in [4.78, 5) is 4.98. The zero-order valence-corrected chi connectivity index (χ0v) is 41.9. The first-order valence-corrected chi connectivity index (χ1v) is 25.0. The third-order valence-corrected chi connectivity index (χ3v) is 16.1. The molecule has 2 aliphatic heterocycles. The highest BCUT2D eigenvalue weighted by Gasteiger charge is 2.52. The molecule has 0 fully saturated rings. The van der Waals surface area contributed by atoms with E-state index in [0.29, 0.717) is 0 Å². The van der Waals surface area contributed by atoms with Gasteiger partial charge in [-0.1, -0.05) is 136 Å². The summed E-state index contributed by atoms with van der Waals surface area (Å²) in [6.45, 7) is 25.5. The highest BCUT2D eigenvalue weighted by atomic mass is 16.4. The fourth-order valence-corrected chi connectivity index (χ4v) is 12.3. The van der Waals surface area contributed by atoms with E-state index in [9.17, 15) is 0 Å². The second-order valence-corrected chi connectivity index (χ2v) is 23.8. The zero-order valence-electron chi connectivity index (χ0n) is 41.9. The van der Waals surface area contributed by atoms with Gasteiger partial charge in [0, 0.05) is 73.2 Å². The number of anilines is 6. The lowest BCUT2D eigenvalue weighted by Gasteiger charge is -2.44. The average molecular weight is 902 g/mol. The quantitative estimate of drug-likeness (QED) is 0.166. The average Bonchev–Trinajstić information content (AvgIpc) is 4.00. The number of nitrogens with zero attached hydrogens (tertiary/aromatic N) is 3. The number of aromatic nitrogens is 1. The molecule has 69 heavy (non-hydrogen) atoms. The number of para-hydroxylation sites is 2. The Bertz CT molecular complexity index is 3720. The number of aryl methyl sites for hydroxylation is 1. The van der Waals surface area contributed by atoms with E-state index in [0.717, 1.165) is 69.2 Å². The van der Waals surface area contributed by atoms with Gasteiger partial charge in [0.15, 0.2) is 5.88 Å². The Morgan fingerprint density at radius 3 is 1.64 bits per heavy atom. The van der Waals surface area contributed by atoms with Crippen molar-refractivity contribution in [3.8, 4) is 5.69 Å². The van der Waals surface area contributed by atoms with Crippen molar-refractivity contribution >= 4 is 101 Å². The van der Waals surface area contributed by atoms with Crippen LogP contribution < -0.4 is 26.2 Å². The molecule has 0 atom stereocenters. The fourth-order valence-electron chi connectivity index (χ4n) is 12.3. The lowest BCUT2D eigenvalue weighted by atomic mass is 9.32. The Morgan fingerprint density at radius 1 is 0.493 bits per heavy atom.